The second-order valence-corrected chi connectivity index (χ2v) is 3.72. The van der Waals surface area contributed by atoms with Crippen LogP contribution < -0.4 is 9.47 Å². The zero-order valence-corrected chi connectivity index (χ0v) is 10.2. The fourth-order valence-electron chi connectivity index (χ4n) is 1.98. The number of nitrogens with zero attached hydrogens (tertiary/aromatic N) is 1. The second-order valence-electron chi connectivity index (χ2n) is 3.72. The number of hydrogen-bond donors (Lipinski definition) is 2. The molecule has 2 aromatic rings. The van der Waals surface area contributed by atoms with Crippen molar-refractivity contribution < 1.29 is 24.6 Å². The van der Waals surface area contributed by atoms with Gasteiger partial charge in [0.2, 0.25) is 11.5 Å². The number of methoxy groups -OCH3 is 2. The zero-order chi connectivity index (χ0) is 14.2. The van der Waals surface area contributed by atoms with Crippen molar-refractivity contribution >= 4 is 16.5 Å². The van der Waals surface area contributed by atoms with Crippen molar-refractivity contribution in [3.05, 3.63) is 28.3 Å². The lowest BCUT2D eigenvalue weighted by Crippen LogP contribution is -1.97. The molecule has 19 heavy (non-hydrogen) atoms. The van der Waals surface area contributed by atoms with Crippen molar-refractivity contribution in [2.75, 3.05) is 14.2 Å². The molecule has 0 spiro atoms. The van der Waals surface area contributed by atoms with Gasteiger partial charge in [-0.1, -0.05) is 6.07 Å². The first-order valence-electron chi connectivity index (χ1n) is 5.25. The van der Waals surface area contributed by atoms with Gasteiger partial charge >= 0.3 is 5.69 Å². The van der Waals surface area contributed by atoms with Crippen LogP contribution in [0.1, 0.15) is 0 Å². The van der Waals surface area contributed by atoms with Crippen molar-refractivity contribution in [1.82, 2.24) is 0 Å². The van der Waals surface area contributed by atoms with Gasteiger partial charge in [-0.05, 0) is 12.1 Å². The number of nitro groups is 1. The number of fused-ring (bicyclic) bond motifs is 1. The summed E-state index contributed by atoms with van der Waals surface area (Å²) in [6.07, 6.45) is 0. The molecule has 0 aliphatic carbocycles. The molecule has 0 bridgehead atoms. The number of aromatic hydroxyl groups is 2. The van der Waals surface area contributed by atoms with Crippen LogP contribution in [0.3, 0.4) is 0 Å². The molecule has 0 atom stereocenters. The molecule has 0 aliphatic heterocycles. The number of nitro benzene ring substituents is 1. The topological polar surface area (TPSA) is 102 Å². The molecule has 7 heteroatoms. The summed E-state index contributed by atoms with van der Waals surface area (Å²) in [5, 5.41) is 31.1. The summed E-state index contributed by atoms with van der Waals surface area (Å²) in [6.45, 7) is 0. The zero-order valence-electron chi connectivity index (χ0n) is 10.2. The summed E-state index contributed by atoms with van der Waals surface area (Å²) in [5.41, 5.74) is -0.680. The van der Waals surface area contributed by atoms with E-state index in [0.717, 1.165) is 0 Å². The first kappa shape index (κ1) is 12.7. The highest BCUT2D eigenvalue weighted by molar-refractivity contribution is 6.03. The Labute approximate surface area is 107 Å². The predicted octanol–water partition coefficient (Wildman–Crippen LogP) is 2.18. The Morgan fingerprint density at radius 1 is 1.16 bits per heavy atom. The summed E-state index contributed by atoms with van der Waals surface area (Å²) in [5.74, 6) is -1.31. The smallest absolute Gasteiger partial charge is 0.356 e. The molecule has 0 saturated carbocycles. The van der Waals surface area contributed by atoms with E-state index in [1.54, 1.807) is 12.1 Å². The molecule has 0 heterocycles. The Hall–Kier alpha value is -2.70. The molecule has 2 aromatic carbocycles. The van der Waals surface area contributed by atoms with Crippen molar-refractivity contribution in [3.63, 3.8) is 0 Å². The summed E-state index contributed by atoms with van der Waals surface area (Å²) in [6, 6.07) is 4.69. The van der Waals surface area contributed by atoms with Gasteiger partial charge in [0.15, 0.2) is 5.75 Å². The maximum absolute atomic E-state index is 11.0. The maximum atomic E-state index is 11.0. The van der Waals surface area contributed by atoms with Gasteiger partial charge in [-0.2, -0.15) is 0 Å². The van der Waals surface area contributed by atoms with Gasteiger partial charge in [-0.25, -0.2) is 0 Å². The van der Waals surface area contributed by atoms with Crippen LogP contribution in [0.15, 0.2) is 18.2 Å². The van der Waals surface area contributed by atoms with Gasteiger partial charge in [0.1, 0.15) is 5.75 Å². The molecule has 100 valence electrons. The predicted molar refractivity (Wildman–Crippen MR) is 67.0 cm³/mol. The summed E-state index contributed by atoms with van der Waals surface area (Å²) in [4.78, 5) is 10.2. The number of benzene rings is 2. The summed E-state index contributed by atoms with van der Waals surface area (Å²) >= 11 is 0. The number of ether oxygens (including phenoxy) is 2. The van der Waals surface area contributed by atoms with Crippen LogP contribution in [0.2, 0.25) is 0 Å². The highest BCUT2D eigenvalue weighted by atomic mass is 16.6. The SMILES string of the molecule is COc1c([N+](=O)[O-])c(O)c(O)c2c(OC)cccc12. The molecule has 0 aliphatic rings. The van der Waals surface area contributed by atoms with E-state index in [2.05, 4.69) is 0 Å². The van der Waals surface area contributed by atoms with Crippen LogP contribution in [0.5, 0.6) is 23.0 Å². The Morgan fingerprint density at radius 3 is 2.37 bits per heavy atom. The third kappa shape index (κ3) is 1.75. The lowest BCUT2D eigenvalue weighted by atomic mass is 10.1. The number of phenols is 2. The van der Waals surface area contributed by atoms with E-state index in [1.807, 2.05) is 0 Å². The highest BCUT2D eigenvalue weighted by Crippen LogP contribution is 2.51. The van der Waals surface area contributed by atoms with E-state index in [1.165, 1.54) is 20.3 Å². The van der Waals surface area contributed by atoms with E-state index in [0.29, 0.717) is 0 Å². The summed E-state index contributed by atoms with van der Waals surface area (Å²) < 4.78 is 10.1. The molecule has 0 fully saturated rings. The fraction of sp³-hybridized carbons (Fsp3) is 0.167. The number of phenolic OH excluding ortho intramolecular Hbond substituents is 2. The van der Waals surface area contributed by atoms with E-state index in [-0.39, 0.29) is 22.3 Å². The molecular weight excluding hydrogens is 254 g/mol. The van der Waals surface area contributed by atoms with Crippen molar-refractivity contribution in [1.29, 1.82) is 0 Å². The van der Waals surface area contributed by atoms with E-state index >= 15 is 0 Å². The van der Waals surface area contributed by atoms with Crippen molar-refractivity contribution in [2.45, 2.75) is 0 Å². The molecule has 2 N–H and O–H groups in total. The minimum absolute atomic E-state index is 0.130. The third-order valence-electron chi connectivity index (χ3n) is 2.78. The molecule has 0 aromatic heterocycles. The fourth-order valence-corrected chi connectivity index (χ4v) is 1.98. The average molecular weight is 265 g/mol. The van der Waals surface area contributed by atoms with Gasteiger partial charge < -0.3 is 19.7 Å². The van der Waals surface area contributed by atoms with Gasteiger partial charge in [0.05, 0.1) is 24.5 Å². The lowest BCUT2D eigenvalue weighted by molar-refractivity contribution is -0.386. The quantitative estimate of drug-likeness (QED) is 0.501. The van der Waals surface area contributed by atoms with Crippen LogP contribution in [0, 0.1) is 10.1 Å². The first-order valence-corrected chi connectivity index (χ1v) is 5.25. The first-order chi connectivity index (χ1) is 9.02. The van der Waals surface area contributed by atoms with Gasteiger partial charge in [-0.15, -0.1) is 0 Å². The molecule has 0 radical (unpaired) electrons. The van der Waals surface area contributed by atoms with Crippen LogP contribution in [0.25, 0.3) is 10.8 Å². The second kappa shape index (κ2) is 4.52. The van der Waals surface area contributed by atoms with Crippen LogP contribution in [-0.4, -0.2) is 29.4 Å². The van der Waals surface area contributed by atoms with E-state index in [9.17, 15) is 20.3 Å². The minimum Gasteiger partial charge on any atom is -0.504 e. The largest absolute Gasteiger partial charge is 0.504 e. The van der Waals surface area contributed by atoms with E-state index < -0.39 is 22.1 Å². The standard InChI is InChI=1S/C12H11NO6/c1-18-7-5-3-4-6-8(7)10(14)11(15)9(13(16)17)12(6)19-2/h3-5,14-15H,1-2H3. The van der Waals surface area contributed by atoms with Crippen LogP contribution in [-0.2, 0) is 0 Å². The number of rotatable bonds is 3. The normalized spacial score (nSPS) is 10.4. The molecule has 2 rings (SSSR count). The van der Waals surface area contributed by atoms with Gasteiger partial charge in [-0.3, -0.25) is 10.1 Å². The Bertz CT molecular complexity index is 667. The van der Waals surface area contributed by atoms with E-state index in [4.69, 9.17) is 9.47 Å². The Balaban J connectivity index is 3.04. The van der Waals surface area contributed by atoms with Gasteiger partial charge in [0, 0.05) is 5.39 Å². The Kier molecular flexibility index (Phi) is 3.04. The molecule has 0 unspecified atom stereocenters. The average Bonchev–Trinajstić information content (AvgIpc) is 2.41. The van der Waals surface area contributed by atoms with Crippen molar-refractivity contribution in [3.8, 4) is 23.0 Å². The molecular formula is C12H11NO6. The highest BCUT2D eigenvalue weighted by Gasteiger charge is 2.29. The Morgan fingerprint density at radius 2 is 1.84 bits per heavy atom. The molecule has 0 saturated heterocycles. The van der Waals surface area contributed by atoms with Crippen LogP contribution in [0.4, 0.5) is 5.69 Å². The molecule has 7 nitrogen and oxygen atoms in total. The lowest BCUT2D eigenvalue weighted by Gasteiger charge is -2.12. The van der Waals surface area contributed by atoms with Crippen molar-refractivity contribution in [2.24, 2.45) is 0 Å². The summed E-state index contributed by atoms with van der Waals surface area (Å²) in [7, 11) is 2.64. The third-order valence-corrected chi connectivity index (χ3v) is 2.78. The monoisotopic (exact) mass is 265 g/mol. The maximum Gasteiger partial charge on any atom is 0.356 e. The molecule has 0 amide bonds. The number of hydrogen-bond acceptors (Lipinski definition) is 6. The van der Waals surface area contributed by atoms with Gasteiger partial charge in [0.25, 0.3) is 0 Å². The van der Waals surface area contributed by atoms with Crippen LogP contribution >= 0.6 is 0 Å². The minimum atomic E-state index is -0.848.